The summed E-state index contributed by atoms with van der Waals surface area (Å²) in [5.41, 5.74) is 3.28. The summed E-state index contributed by atoms with van der Waals surface area (Å²) in [7, 11) is 1.35. The number of rotatable bonds is 5. The van der Waals surface area contributed by atoms with E-state index >= 15 is 0 Å². The van der Waals surface area contributed by atoms with Crippen molar-refractivity contribution >= 4 is 33.3 Å². The molecule has 0 spiro atoms. The Morgan fingerprint density at radius 1 is 1.32 bits per heavy atom. The maximum absolute atomic E-state index is 13.0. The zero-order chi connectivity index (χ0) is 19.8. The molecule has 3 heterocycles. The van der Waals surface area contributed by atoms with Crippen molar-refractivity contribution in [3.8, 4) is 0 Å². The van der Waals surface area contributed by atoms with Crippen LogP contribution in [0.3, 0.4) is 0 Å². The number of thiazole rings is 1. The van der Waals surface area contributed by atoms with Crippen LogP contribution in [0, 0.1) is 13.8 Å². The Hall–Kier alpha value is -2.51. The van der Waals surface area contributed by atoms with Crippen molar-refractivity contribution < 1.29 is 14.3 Å². The number of fused-ring (bicyclic) bond motifs is 1. The summed E-state index contributed by atoms with van der Waals surface area (Å²) in [5, 5.41) is 1.07. The fourth-order valence-electron chi connectivity index (χ4n) is 4.03. The lowest BCUT2D eigenvalue weighted by atomic mass is 10.1. The van der Waals surface area contributed by atoms with Gasteiger partial charge in [-0.25, -0.2) is 9.78 Å². The van der Waals surface area contributed by atoms with Crippen LogP contribution in [0.1, 0.15) is 56.0 Å². The Labute approximate surface area is 167 Å². The van der Waals surface area contributed by atoms with Crippen LogP contribution >= 0.6 is 11.3 Å². The zero-order valence-electron chi connectivity index (χ0n) is 16.2. The number of aryl methyl sites for hydroxylation is 1. The van der Waals surface area contributed by atoms with Gasteiger partial charge in [-0.3, -0.25) is 9.69 Å². The van der Waals surface area contributed by atoms with Crippen molar-refractivity contribution in [2.24, 2.45) is 0 Å². The number of methoxy groups -OCH3 is 1. The topological polar surface area (TPSA) is 75.3 Å². The SMILES string of the molecule is COC(=O)c1c(C)[nH]c(C(=O)CN2CCC[C@@H]2c2nc3ccccc3s2)c1C. The van der Waals surface area contributed by atoms with E-state index in [4.69, 9.17) is 9.72 Å². The standard InChI is InChI=1S/C21H23N3O3S/c1-12-18(21(26)27-3)13(2)22-19(12)16(25)11-24-10-6-8-15(24)20-23-14-7-4-5-9-17(14)28-20/h4-5,7,9,15,22H,6,8,10-11H2,1-3H3/t15-/m1/s1. The molecule has 0 unspecified atom stereocenters. The monoisotopic (exact) mass is 397 g/mol. The van der Waals surface area contributed by atoms with E-state index in [0.717, 1.165) is 29.9 Å². The van der Waals surface area contributed by atoms with E-state index in [1.165, 1.54) is 11.8 Å². The van der Waals surface area contributed by atoms with E-state index in [1.807, 2.05) is 18.2 Å². The van der Waals surface area contributed by atoms with Gasteiger partial charge in [0.2, 0.25) is 0 Å². The van der Waals surface area contributed by atoms with E-state index in [1.54, 1.807) is 25.2 Å². The van der Waals surface area contributed by atoms with Gasteiger partial charge < -0.3 is 9.72 Å². The molecular weight excluding hydrogens is 374 g/mol. The third kappa shape index (κ3) is 3.25. The number of nitrogens with zero attached hydrogens (tertiary/aromatic N) is 2. The van der Waals surface area contributed by atoms with Crippen molar-refractivity contribution in [3.63, 3.8) is 0 Å². The Bertz CT molecular complexity index is 1020. The van der Waals surface area contributed by atoms with Crippen molar-refractivity contribution in [3.05, 3.63) is 51.8 Å². The van der Waals surface area contributed by atoms with Gasteiger partial charge in [-0.1, -0.05) is 12.1 Å². The number of ketones is 1. The molecule has 0 bridgehead atoms. The normalized spacial score (nSPS) is 17.3. The number of benzene rings is 1. The van der Waals surface area contributed by atoms with Crippen LogP contribution in [0.4, 0.5) is 0 Å². The van der Waals surface area contributed by atoms with E-state index in [9.17, 15) is 9.59 Å². The maximum Gasteiger partial charge on any atom is 0.339 e. The largest absolute Gasteiger partial charge is 0.465 e. The molecule has 1 N–H and O–H groups in total. The van der Waals surface area contributed by atoms with Crippen LogP contribution < -0.4 is 0 Å². The lowest BCUT2D eigenvalue weighted by Crippen LogP contribution is -2.30. The molecule has 6 nitrogen and oxygen atoms in total. The molecule has 0 saturated carbocycles. The molecule has 1 saturated heterocycles. The number of likely N-dealkylation sites (tertiary alicyclic amines) is 1. The first-order valence-electron chi connectivity index (χ1n) is 9.39. The summed E-state index contributed by atoms with van der Waals surface area (Å²) in [6, 6.07) is 8.30. The second-order valence-corrected chi connectivity index (χ2v) is 8.25. The number of carbonyl (C=O) groups is 2. The minimum absolute atomic E-state index is 0.0104. The van der Waals surface area contributed by atoms with Crippen molar-refractivity contribution in [2.45, 2.75) is 32.7 Å². The van der Waals surface area contributed by atoms with Crippen molar-refractivity contribution in [1.82, 2.24) is 14.9 Å². The van der Waals surface area contributed by atoms with Crippen LogP contribution in [0.5, 0.6) is 0 Å². The number of aromatic amines is 1. The number of H-pyrrole nitrogens is 1. The lowest BCUT2D eigenvalue weighted by molar-refractivity contribution is 0.0599. The van der Waals surface area contributed by atoms with Gasteiger partial charge >= 0.3 is 5.97 Å². The molecular formula is C21H23N3O3S. The Morgan fingerprint density at radius 3 is 2.86 bits per heavy atom. The number of aromatic nitrogens is 2. The third-order valence-electron chi connectivity index (χ3n) is 5.41. The number of esters is 1. The third-order valence-corrected chi connectivity index (χ3v) is 6.55. The van der Waals surface area contributed by atoms with Gasteiger partial charge in [-0.15, -0.1) is 11.3 Å². The molecule has 1 fully saturated rings. The van der Waals surface area contributed by atoms with Gasteiger partial charge in [-0.2, -0.15) is 0 Å². The highest BCUT2D eigenvalue weighted by Crippen LogP contribution is 2.36. The second kappa shape index (κ2) is 7.48. The summed E-state index contributed by atoms with van der Waals surface area (Å²) in [6.45, 7) is 4.75. The van der Waals surface area contributed by atoms with Crippen LogP contribution in [0.2, 0.25) is 0 Å². The van der Waals surface area contributed by atoms with E-state index in [2.05, 4.69) is 16.0 Å². The van der Waals surface area contributed by atoms with E-state index < -0.39 is 5.97 Å². The number of carbonyl (C=O) groups excluding carboxylic acids is 2. The summed E-state index contributed by atoms with van der Waals surface area (Å²) >= 11 is 1.70. The lowest BCUT2D eigenvalue weighted by Gasteiger charge is -2.21. The average Bonchev–Trinajstić information content (AvgIpc) is 3.38. The summed E-state index contributed by atoms with van der Waals surface area (Å²) in [6.07, 6.45) is 2.05. The number of nitrogens with one attached hydrogen (secondary N) is 1. The molecule has 146 valence electrons. The number of hydrogen-bond donors (Lipinski definition) is 1. The first-order valence-corrected chi connectivity index (χ1v) is 10.2. The molecule has 28 heavy (non-hydrogen) atoms. The van der Waals surface area contributed by atoms with Crippen LogP contribution in [-0.2, 0) is 4.74 Å². The van der Waals surface area contributed by atoms with Gasteiger partial charge in [0.25, 0.3) is 0 Å². The molecule has 3 aromatic rings. The quantitative estimate of drug-likeness (QED) is 0.519. The first kappa shape index (κ1) is 18.8. The number of ether oxygens (including phenoxy) is 1. The number of hydrogen-bond acceptors (Lipinski definition) is 6. The van der Waals surface area contributed by atoms with E-state index in [0.29, 0.717) is 29.1 Å². The summed E-state index contributed by atoms with van der Waals surface area (Å²) in [5.74, 6) is -0.428. The predicted molar refractivity (Wildman–Crippen MR) is 109 cm³/mol. The molecule has 0 radical (unpaired) electrons. The predicted octanol–water partition coefficient (Wildman–Crippen LogP) is 4.05. The number of Topliss-reactive ketones (excluding diaryl/α,β-unsaturated/α-hetero) is 1. The highest BCUT2D eigenvalue weighted by molar-refractivity contribution is 7.18. The maximum atomic E-state index is 13.0. The van der Waals surface area contributed by atoms with Crippen LogP contribution in [0.25, 0.3) is 10.2 Å². The molecule has 0 aliphatic carbocycles. The Morgan fingerprint density at radius 2 is 2.11 bits per heavy atom. The average molecular weight is 398 g/mol. The molecule has 2 aromatic heterocycles. The minimum Gasteiger partial charge on any atom is -0.465 e. The highest BCUT2D eigenvalue weighted by atomic mass is 32.1. The smallest absolute Gasteiger partial charge is 0.339 e. The van der Waals surface area contributed by atoms with Gasteiger partial charge in [0.05, 0.1) is 41.2 Å². The molecule has 7 heteroatoms. The Kier molecular flexibility index (Phi) is 5.03. The highest BCUT2D eigenvalue weighted by Gasteiger charge is 2.31. The second-order valence-electron chi connectivity index (χ2n) is 7.19. The fraction of sp³-hybridized carbons (Fsp3) is 0.381. The minimum atomic E-state index is -0.418. The molecule has 1 aliphatic heterocycles. The molecule has 0 amide bonds. The van der Waals surface area contributed by atoms with Crippen LogP contribution in [0.15, 0.2) is 24.3 Å². The molecule has 1 aromatic carbocycles. The first-order chi connectivity index (χ1) is 13.5. The molecule has 1 aliphatic rings. The summed E-state index contributed by atoms with van der Waals surface area (Å²) < 4.78 is 6.02. The molecule has 1 atom stereocenters. The summed E-state index contributed by atoms with van der Waals surface area (Å²) in [4.78, 5) is 35.1. The Balaban J connectivity index is 1.56. The molecule has 4 rings (SSSR count). The fourth-order valence-corrected chi connectivity index (χ4v) is 5.17. The van der Waals surface area contributed by atoms with Crippen molar-refractivity contribution in [1.29, 1.82) is 0 Å². The van der Waals surface area contributed by atoms with Crippen LogP contribution in [-0.4, -0.2) is 46.8 Å². The van der Waals surface area contributed by atoms with Gasteiger partial charge in [0, 0.05) is 5.69 Å². The van der Waals surface area contributed by atoms with Crippen molar-refractivity contribution in [2.75, 3.05) is 20.2 Å². The number of para-hydroxylation sites is 1. The van der Waals surface area contributed by atoms with Gasteiger partial charge in [0.1, 0.15) is 5.01 Å². The zero-order valence-corrected chi connectivity index (χ0v) is 17.1. The van der Waals surface area contributed by atoms with Gasteiger partial charge in [-0.05, 0) is 50.9 Å². The van der Waals surface area contributed by atoms with E-state index in [-0.39, 0.29) is 11.8 Å². The van der Waals surface area contributed by atoms with Gasteiger partial charge in [0.15, 0.2) is 5.78 Å².